The fourth-order valence-corrected chi connectivity index (χ4v) is 2.57. The van der Waals surface area contributed by atoms with Crippen LogP contribution in [0.1, 0.15) is 16.7 Å². The largest absolute Gasteiger partial charge is 0.496 e. The SMILES string of the molecule is CN=C(NCc1ccc(OC)c(OC)c1)NCc1ccc(C)cc1OC. The topological polar surface area (TPSA) is 64.1 Å². The van der Waals surface area contributed by atoms with Crippen LogP contribution in [0.3, 0.4) is 0 Å². The summed E-state index contributed by atoms with van der Waals surface area (Å²) in [6, 6.07) is 12.0. The van der Waals surface area contributed by atoms with E-state index in [-0.39, 0.29) is 0 Å². The molecule has 0 aromatic heterocycles. The van der Waals surface area contributed by atoms with Gasteiger partial charge in [0.05, 0.1) is 21.3 Å². The molecule has 0 atom stereocenters. The van der Waals surface area contributed by atoms with Crippen molar-refractivity contribution in [1.82, 2.24) is 10.6 Å². The first-order valence-corrected chi connectivity index (χ1v) is 8.40. The number of rotatable bonds is 7. The molecule has 2 aromatic rings. The van der Waals surface area contributed by atoms with Crippen LogP contribution in [0.25, 0.3) is 0 Å². The highest BCUT2D eigenvalue weighted by Gasteiger charge is 2.07. The van der Waals surface area contributed by atoms with E-state index in [1.54, 1.807) is 28.4 Å². The molecule has 0 radical (unpaired) electrons. The van der Waals surface area contributed by atoms with Gasteiger partial charge in [-0.15, -0.1) is 0 Å². The van der Waals surface area contributed by atoms with E-state index < -0.39 is 0 Å². The van der Waals surface area contributed by atoms with E-state index >= 15 is 0 Å². The third-order valence-electron chi connectivity index (χ3n) is 4.02. The highest BCUT2D eigenvalue weighted by molar-refractivity contribution is 5.79. The monoisotopic (exact) mass is 357 g/mol. The Hall–Kier alpha value is -2.89. The number of aryl methyl sites for hydroxylation is 1. The Bertz CT molecular complexity index is 760. The first-order chi connectivity index (χ1) is 12.6. The van der Waals surface area contributed by atoms with E-state index in [4.69, 9.17) is 14.2 Å². The van der Waals surface area contributed by atoms with E-state index in [9.17, 15) is 0 Å². The third kappa shape index (κ3) is 5.05. The van der Waals surface area contributed by atoms with E-state index in [0.717, 1.165) is 16.9 Å². The third-order valence-corrected chi connectivity index (χ3v) is 4.02. The summed E-state index contributed by atoms with van der Waals surface area (Å²) in [7, 11) is 6.68. The van der Waals surface area contributed by atoms with Gasteiger partial charge < -0.3 is 24.8 Å². The lowest BCUT2D eigenvalue weighted by atomic mass is 10.1. The minimum Gasteiger partial charge on any atom is -0.496 e. The smallest absolute Gasteiger partial charge is 0.191 e. The van der Waals surface area contributed by atoms with Crippen LogP contribution in [-0.4, -0.2) is 34.3 Å². The van der Waals surface area contributed by atoms with E-state index in [1.807, 2.05) is 31.2 Å². The average Bonchev–Trinajstić information content (AvgIpc) is 2.68. The molecule has 0 aliphatic heterocycles. The average molecular weight is 357 g/mol. The summed E-state index contributed by atoms with van der Waals surface area (Å²) in [6.45, 7) is 3.28. The molecule has 0 spiro atoms. The van der Waals surface area contributed by atoms with Gasteiger partial charge in [0, 0.05) is 25.7 Å². The number of hydrogen-bond donors (Lipinski definition) is 2. The molecule has 0 aliphatic carbocycles. The molecular formula is C20H27N3O3. The number of methoxy groups -OCH3 is 3. The molecule has 0 fully saturated rings. The van der Waals surface area contributed by atoms with Crippen LogP contribution in [0.15, 0.2) is 41.4 Å². The van der Waals surface area contributed by atoms with Gasteiger partial charge in [0.15, 0.2) is 17.5 Å². The lowest BCUT2D eigenvalue weighted by molar-refractivity contribution is 0.354. The molecule has 0 amide bonds. The van der Waals surface area contributed by atoms with Gasteiger partial charge in [-0.3, -0.25) is 4.99 Å². The standard InChI is InChI=1S/C20H27N3O3/c1-14-6-8-16(18(10-14)25-4)13-23-20(21-2)22-12-15-7-9-17(24-3)19(11-15)26-5/h6-11H,12-13H2,1-5H3,(H2,21,22,23). The highest BCUT2D eigenvalue weighted by atomic mass is 16.5. The maximum Gasteiger partial charge on any atom is 0.191 e. The first-order valence-electron chi connectivity index (χ1n) is 8.40. The van der Waals surface area contributed by atoms with Crippen LogP contribution in [0.5, 0.6) is 17.2 Å². The zero-order valence-corrected chi connectivity index (χ0v) is 16.1. The van der Waals surface area contributed by atoms with Crippen molar-refractivity contribution in [2.75, 3.05) is 28.4 Å². The molecule has 0 unspecified atom stereocenters. The predicted molar refractivity (Wildman–Crippen MR) is 104 cm³/mol. The number of hydrogen-bond acceptors (Lipinski definition) is 4. The molecule has 0 saturated carbocycles. The van der Waals surface area contributed by atoms with Crippen LogP contribution in [0.2, 0.25) is 0 Å². The van der Waals surface area contributed by atoms with Crippen molar-refractivity contribution < 1.29 is 14.2 Å². The van der Waals surface area contributed by atoms with E-state index in [1.165, 1.54) is 5.56 Å². The normalized spacial score (nSPS) is 11.0. The highest BCUT2D eigenvalue weighted by Crippen LogP contribution is 2.27. The fraction of sp³-hybridized carbons (Fsp3) is 0.350. The van der Waals surface area contributed by atoms with Gasteiger partial charge in [-0.2, -0.15) is 0 Å². The molecule has 140 valence electrons. The van der Waals surface area contributed by atoms with Crippen molar-refractivity contribution in [1.29, 1.82) is 0 Å². The molecule has 0 bridgehead atoms. The van der Waals surface area contributed by atoms with E-state index in [0.29, 0.717) is 30.5 Å². The Morgan fingerprint density at radius 3 is 2.19 bits per heavy atom. The lowest BCUT2D eigenvalue weighted by Gasteiger charge is -2.15. The lowest BCUT2D eigenvalue weighted by Crippen LogP contribution is -2.36. The minimum atomic E-state index is 0.616. The molecule has 2 rings (SSSR count). The molecule has 6 nitrogen and oxygen atoms in total. The zero-order chi connectivity index (χ0) is 18.9. The fourth-order valence-electron chi connectivity index (χ4n) is 2.57. The quantitative estimate of drug-likeness (QED) is 0.589. The Kier molecular flexibility index (Phi) is 7.14. The maximum atomic E-state index is 5.44. The number of nitrogens with zero attached hydrogens (tertiary/aromatic N) is 1. The van der Waals surface area contributed by atoms with E-state index in [2.05, 4.69) is 27.8 Å². The Morgan fingerprint density at radius 2 is 1.54 bits per heavy atom. The molecule has 2 N–H and O–H groups in total. The van der Waals surface area contributed by atoms with Gasteiger partial charge in [0.2, 0.25) is 0 Å². The number of ether oxygens (including phenoxy) is 3. The van der Waals surface area contributed by atoms with Crippen molar-refractivity contribution in [3.8, 4) is 17.2 Å². The second-order valence-electron chi connectivity index (χ2n) is 5.78. The summed E-state index contributed by atoms with van der Waals surface area (Å²) in [4.78, 5) is 4.27. The molecule has 2 aromatic carbocycles. The number of benzene rings is 2. The zero-order valence-electron chi connectivity index (χ0n) is 16.1. The van der Waals surface area contributed by atoms with Crippen LogP contribution in [0, 0.1) is 6.92 Å². The summed E-state index contributed by atoms with van der Waals surface area (Å²) in [5.41, 5.74) is 3.31. The van der Waals surface area contributed by atoms with Gasteiger partial charge in [0.25, 0.3) is 0 Å². The molecule has 6 heteroatoms. The van der Waals surface area contributed by atoms with Crippen LogP contribution < -0.4 is 24.8 Å². The molecular weight excluding hydrogens is 330 g/mol. The van der Waals surface area contributed by atoms with Gasteiger partial charge in [-0.25, -0.2) is 0 Å². The summed E-state index contributed by atoms with van der Waals surface area (Å²) in [5, 5.41) is 6.60. The number of nitrogens with one attached hydrogen (secondary N) is 2. The Balaban J connectivity index is 1.96. The molecule has 0 heterocycles. The van der Waals surface area contributed by atoms with Gasteiger partial charge in [-0.05, 0) is 36.2 Å². The maximum absolute atomic E-state index is 5.44. The number of guanidine groups is 1. The molecule has 0 saturated heterocycles. The molecule has 0 aliphatic rings. The minimum absolute atomic E-state index is 0.616. The second-order valence-corrected chi connectivity index (χ2v) is 5.78. The van der Waals surface area contributed by atoms with Gasteiger partial charge >= 0.3 is 0 Å². The summed E-state index contributed by atoms with van der Waals surface area (Å²) in [6.07, 6.45) is 0. The van der Waals surface area contributed by atoms with Crippen molar-refractivity contribution in [3.63, 3.8) is 0 Å². The van der Waals surface area contributed by atoms with Crippen molar-refractivity contribution in [2.24, 2.45) is 4.99 Å². The van der Waals surface area contributed by atoms with Crippen molar-refractivity contribution in [3.05, 3.63) is 53.1 Å². The van der Waals surface area contributed by atoms with Crippen molar-refractivity contribution >= 4 is 5.96 Å². The summed E-state index contributed by atoms with van der Waals surface area (Å²) in [5.74, 6) is 3.00. The van der Waals surface area contributed by atoms with Crippen molar-refractivity contribution in [2.45, 2.75) is 20.0 Å². The van der Waals surface area contributed by atoms with Gasteiger partial charge in [-0.1, -0.05) is 18.2 Å². The summed E-state index contributed by atoms with van der Waals surface area (Å²) >= 11 is 0. The first kappa shape index (κ1) is 19.4. The predicted octanol–water partition coefficient (Wildman–Crippen LogP) is 2.89. The van der Waals surface area contributed by atoms with Crippen LogP contribution in [-0.2, 0) is 13.1 Å². The Labute approximate surface area is 155 Å². The summed E-state index contributed by atoms with van der Waals surface area (Å²) < 4.78 is 16.0. The second kappa shape index (κ2) is 9.56. The van der Waals surface area contributed by atoms with Gasteiger partial charge in [0.1, 0.15) is 5.75 Å². The Morgan fingerprint density at radius 1 is 0.846 bits per heavy atom. The van der Waals surface area contributed by atoms with Crippen LogP contribution >= 0.6 is 0 Å². The number of aliphatic imine (C=N–C) groups is 1. The molecule has 26 heavy (non-hydrogen) atoms. The van der Waals surface area contributed by atoms with Crippen LogP contribution in [0.4, 0.5) is 0 Å².